The van der Waals surface area contributed by atoms with Crippen LogP contribution >= 0.6 is 0 Å². The van der Waals surface area contributed by atoms with Crippen molar-refractivity contribution in [1.29, 1.82) is 0 Å². The lowest BCUT2D eigenvalue weighted by molar-refractivity contribution is 0.0696. The van der Waals surface area contributed by atoms with Gasteiger partial charge in [0, 0.05) is 25.8 Å². The standard InChI is InChI=1S/C10H13NO3/c1-11(2)8-4-7(10(12)13)5-9(6-8)14-3/h4-6H,1-3H3,(H,12,13). The Bertz CT molecular complexity index is 347. The minimum atomic E-state index is -0.952. The Morgan fingerprint density at radius 1 is 1.36 bits per heavy atom. The summed E-state index contributed by atoms with van der Waals surface area (Å²) in [6.45, 7) is 0. The lowest BCUT2D eigenvalue weighted by Gasteiger charge is -2.14. The maximum Gasteiger partial charge on any atom is 0.335 e. The summed E-state index contributed by atoms with van der Waals surface area (Å²) in [5, 5.41) is 8.84. The molecule has 0 spiro atoms. The van der Waals surface area contributed by atoms with Crippen molar-refractivity contribution in [1.82, 2.24) is 0 Å². The third-order valence-electron chi connectivity index (χ3n) is 1.89. The van der Waals surface area contributed by atoms with E-state index in [1.807, 2.05) is 19.0 Å². The number of carbonyl (C=O) groups is 1. The molecule has 1 aromatic rings. The van der Waals surface area contributed by atoms with Crippen molar-refractivity contribution in [2.45, 2.75) is 0 Å². The first kappa shape index (κ1) is 10.4. The third-order valence-corrected chi connectivity index (χ3v) is 1.89. The summed E-state index contributed by atoms with van der Waals surface area (Å²) in [6.07, 6.45) is 0. The second kappa shape index (κ2) is 4.00. The zero-order valence-corrected chi connectivity index (χ0v) is 8.44. The monoisotopic (exact) mass is 195 g/mol. The number of hydrogen-bond acceptors (Lipinski definition) is 3. The summed E-state index contributed by atoms with van der Waals surface area (Å²) in [5.41, 5.74) is 1.04. The van der Waals surface area contributed by atoms with Gasteiger partial charge in [-0.25, -0.2) is 4.79 Å². The van der Waals surface area contributed by atoms with E-state index in [9.17, 15) is 4.79 Å². The average molecular weight is 195 g/mol. The molecule has 0 aliphatic heterocycles. The van der Waals surface area contributed by atoms with Crippen molar-refractivity contribution in [3.8, 4) is 5.75 Å². The van der Waals surface area contributed by atoms with Crippen LogP contribution in [0.2, 0.25) is 0 Å². The molecule has 0 heterocycles. The molecule has 76 valence electrons. The predicted molar refractivity (Wildman–Crippen MR) is 54.3 cm³/mol. The van der Waals surface area contributed by atoms with E-state index >= 15 is 0 Å². The van der Waals surface area contributed by atoms with Crippen molar-refractivity contribution in [3.63, 3.8) is 0 Å². The minimum Gasteiger partial charge on any atom is -0.497 e. The first-order valence-corrected chi connectivity index (χ1v) is 4.14. The highest BCUT2D eigenvalue weighted by Gasteiger charge is 2.08. The molecule has 0 saturated heterocycles. The van der Waals surface area contributed by atoms with E-state index in [2.05, 4.69) is 0 Å². The van der Waals surface area contributed by atoms with Crippen LogP contribution in [0.15, 0.2) is 18.2 Å². The topological polar surface area (TPSA) is 49.8 Å². The van der Waals surface area contributed by atoms with Gasteiger partial charge in [-0.05, 0) is 12.1 Å². The zero-order chi connectivity index (χ0) is 10.7. The molecule has 0 atom stereocenters. The van der Waals surface area contributed by atoms with Crippen LogP contribution in [-0.4, -0.2) is 32.3 Å². The lowest BCUT2D eigenvalue weighted by Crippen LogP contribution is -2.10. The van der Waals surface area contributed by atoms with Crippen LogP contribution in [-0.2, 0) is 0 Å². The van der Waals surface area contributed by atoms with Crippen LogP contribution in [0.3, 0.4) is 0 Å². The fourth-order valence-electron chi connectivity index (χ4n) is 1.08. The molecule has 0 aromatic heterocycles. The summed E-state index contributed by atoms with van der Waals surface area (Å²) in [5.74, 6) is -0.402. The van der Waals surface area contributed by atoms with Crippen molar-refractivity contribution in [2.75, 3.05) is 26.1 Å². The quantitative estimate of drug-likeness (QED) is 0.793. The highest BCUT2D eigenvalue weighted by Crippen LogP contribution is 2.22. The van der Waals surface area contributed by atoms with Gasteiger partial charge in [0.25, 0.3) is 0 Å². The molecule has 4 nitrogen and oxygen atoms in total. The van der Waals surface area contributed by atoms with Gasteiger partial charge in [-0.1, -0.05) is 0 Å². The highest BCUT2D eigenvalue weighted by atomic mass is 16.5. The second-order valence-electron chi connectivity index (χ2n) is 3.12. The SMILES string of the molecule is COc1cc(C(=O)O)cc(N(C)C)c1. The molecule has 1 aromatic carbocycles. The summed E-state index contributed by atoms with van der Waals surface area (Å²) >= 11 is 0. The molecular weight excluding hydrogens is 182 g/mol. The number of nitrogens with zero attached hydrogens (tertiary/aromatic N) is 1. The van der Waals surface area contributed by atoms with Crippen molar-refractivity contribution < 1.29 is 14.6 Å². The smallest absolute Gasteiger partial charge is 0.335 e. The lowest BCUT2D eigenvalue weighted by atomic mass is 10.2. The Morgan fingerprint density at radius 2 is 2.00 bits per heavy atom. The molecule has 0 radical (unpaired) electrons. The molecule has 0 unspecified atom stereocenters. The number of carboxylic acids is 1. The molecule has 0 bridgehead atoms. The molecule has 14 heavy (non-hydrogen) atoms. The van der Waals surface area contributed by atoms with Crippen LogP contribution in [0.25, 0.3) is 0 Å². The van der Waals surface area contributed by atoms with E-state index in [1.54, 1.807) is 12.1 Å². The second-order valence-corrected chi connectivity index (χ2v) is 3.12. The van der Waals surface area contributed by atoms with Gasteiger partial charge >= 0.3 is 5.97 Å². The number of benzene rings is 1. The van der Waals surface area contributed by atoms with E-state index in [0.717, 1.165) is 5.69 Å². The van der Waals surface area contributed by atoms with E-state index < -0.39 is 5.97 Å². The van der Waals surface area contributed by atoms with Gasteiger partial charge < -0.3 is 14.7 Å². The molecule has 0 aliphatic carbocycles. The zero-order valence-electron chi connectivity index (χ0n) is 8.44. The largest absolute Gasteiger partial charge is 0.497 e. The molecule has 0 fully saturated rings. The Hall–Kier alpha value is -1.71. The summed E-state index contributed by atoms with van der Waals surface area (Å²) in [4.78, 5) is 12.6. The van der Waals surface area contributed by atoms with Crippen LogP contribution in [0.5, 0.6) is 5.75 Å². The first-order valence-electron chi connectivity index (χ1n) is 4.14. The third kappa shape index (κ3) is 2.16. The van der Waals surface area contributed by atoms with Gasteiger partial charge in [-0.2, -0.15) is 0 Å². The van der Waals surface area contributed by atoms with Gasteiger partial charge in [0.15, 0.2) is 0 Å². The minimum absolute atomic E-state index is 0.230. The Kier molecular flexibility index (Phi) is 2.96. The van der Waals surface area contributed by atoms with Gasteiger partial charge in [0.05, 0.1) is 12.7 Å². The van der Waals surface area contributed by atoms with Crippen LogP contribution in [0.4, 0.5) is 5.69 Å². The molecule has 0 saturated carbocycles. The summed E-state index contributed by atoms with van der Waals surface area (Å²) in [6, 6.07) is 4.88. The van der Waals surface area contributed by atoms with Gasteiger partial charge in [0.2, 0.25) is 0 Å². The number of hydrogen-bond donors (Lipinski definition) is 1. The van der Waals surface area contributed by atoms with Crippen LogP contribution in [0.1, 0.15) is 10.4 Å². The molecule has 4 heteroatoms. The number of rotatable bonds is 3. The number of ether oxygens (including phenoxy) is 1. The maximum absolute atomic E-state index is 10.8. The van der Waals surface area contributed by atoms with Gasteiger partial charge in [-0.15, -0.1) is 0 Å². The fourth-order valence-corrected chi connectivity index (χ4v) is 1.08. The van der Waals surface area contributed by atoms with E-state index in [0.29, 0.717) is 5.75 Å². The molecule has 1 rings (SSSR count). The Balaban J connectivity index is 3.20. The predicted octanol–water partition coefficient (Wildman–Crippen LogP) is 1.46. The van der Waals surface area contributed by atoms with Crippen molar-refractivity contribution in [3.05, 3.63) is 23.8 Å². The number of aromatic carboxylic acids is 1. The normalized spacial score (nSPS) is 9.64. The molecule has 0 aliphatic rings. The Morgan fingerprint density at radius 3 is 2.43 bits per heavy atom. The van der Waals surface area contributed by atoms with E-state index in [1.165, 1.54) is 13.2 Å². The molecule has 0 amide bonds. The summed E-state index contributed by atoms with van der Waals surface area (Å²) < 4.78 is 5.01. The molecular formula is C10H13NO3. The molecule has 1 N–H and O–H groups in total. The Labute approximate surface area is 82.7 Å². The van der Waals surface area contributed by atoms with Gasteiger partial charge in [-0.3, -0.25) is 0 Å². The number of methoxy groups -OCH3 is 1. The highest BCUT2D eigenvalue weighted by molar-refractivity contribution is 5.89. The van der Waals surface area contributed by atoms with E-state index in [4.69, 9.17) is 9.84 Å². The number of anilines is 1. The first-order chi connectivity index (χ1) is 6.54. The maximum atomic E-state index is 10.8. The average Bonchev–Trinajstić information content (AvgIpc) is 2.16. The fraction of sp³-hybridized carbons (Fsp3) is 0.300. The van der Waals surface area contributed by atoms with E-state index in [-0.39, 0.29) is 5.56 Å². The number of carboxylic acid groups (broad SMARTS) is 1. The summed E-state index contributed by atoms with van der Waals surface area (Å²) in [7, 11) is 5.21. The van der Waals surface area contributed by atoms with Crippen molar-refractivity contribution >= 4 is 11.7 Å². The van der Waals surface area contributed by atoms with Crippen LogP contribution < -0.4 is 9.64 Å². The van der Waals surface area contributed by atoms with Gasteiger partial charge in [0.1, 0.15) is 5.75 Å². The van der Waals surface area contributed by atoms with Crippen molar-refractivity contribution in [2.24, 2.45) is 0 Å². The van der Waals surface area contributed by atoms with Crippen LogP contribution in [0, 0.1) is 0 Å².